The summed E-state index contributed by atoms with van der Waals surface area (Å²) in [6.45, 7) is 1.75. The quantitative estimate of drug-likeness (QED) is 0.616. The van der Waals surface area contributed by atoms with Gasteiger partial charge in [0.15, 0.2) is 0 Å². The maximum Gasteiger partial charge on any atom is 0.416 e. The minimum absolute atomic E-state index is 0.0252. The van der Waals surface area contributed by atoms with Crippen LogP contribution in [0.15, 0.2) is 36.4 Å². The normalized spacial score (nSPS) is 23.1. The maximum absolute atomic E-state index is 13.4. The highest BCUT2D eigenvalue weighted by Crippen LogP contribution is 2.44. The summed E-state index contributed by atoms with van der Waals surface area (Å²) in [4.78, 5) is 43.3. The third-order valence-electron chi connectivity index (χ3n) is 6.69. The van der Waals surface area contributed by atoms with Crippen LogP contribution < -0.4 is 10.2 Å². The van der Waals surface area contributed by atoms with Crippen molar-refractivity contribution in [2.45, 2.75) is 37.6 Å². The van der Waals surface area contributed by atoms with Crippen molar-refractivity contribution in [3.05, 3.63) is 58.1 Å². The van der Waals surface area contributed by atoms with Crippen LogP contribution in [0.3, 0.4) is 0 Å². The van der Waals surface area contributed by atoms with Gasteiger partial charge in [-0.15, -0.1) is 0 Å². The van der Waals surface area contributed by atoms with Gasteiger partial charge in [0, 0.05) is 12.2 Å². The lowest BCUT2D eigenvalue weighted by Gasteiger charge is -2.34. The first-order chi connectivity index (χ1) is 16.5. The maximum atomic E-state index is 13.4. The third kappa shape index (κ3) is 3.47. The number of rotatable bonds is 2. The van der Waals surface area contributed by atoms with Gasteiger partial charge in [-0.05, 0) is 49.2 Å². The molecule has 5 amide bonds. The average Bonchev–Trinajstić information content (AvgIpc) is 3.47. The van der Waals surface area contributed by atoms with E-state index in [1.54, 1.807) is 6.92 Å². The summed E-state index contributed by atoms with van der Waals surface area (Å²) in [5.74, 6) is -0.525. The molecule has 0 spiro atoms. The number of carbonyl (C=O) groups excluding carboxylic acids is 3. The van der Waals surface area contributed by atoms with Crippen molar-refractivity contribution in [3.63, 3.8) is 0 Å². The number of anilines is 2. The summed E-state index contributed by atoms with van der Waals surface area (Å²) >= 11 is 6.23. The molecule has 2 aromatic rings. The second-order valence-corrected chi connectivity index (χ2v) is 8.99. The molecule has 2 aromatic carbocycles. The zero-order chi connectivity index (χ0) is 25.2. The molecule has 3 aliphatic rings. The first kappa shape index (κ1) is 23.0. The van der Waals surface area contributed by atoms with E-state index in [2.05, 4.69) is 5.32 Å². The van der Waals surface area contributed by atoms with Crippen molar-refractivity contribution >= 4 is 40.9 Å². The van der Waals surface area contributed by atoms with E-state index >= 15 is 0 Å². The number of fused-ring (bicyclic) bond motifs is 5. The molecule has 35 heavy (non-hydrogen) atoms. The number of alkyl halides is 3. The molecule has 180 valence electrons. The zero-order valence-corrected chi connectivity index (χ0v) is 18.9. The number of benzene rings is 2. The molecule has 8 nitrogen and oxygen atoms in total. The molecule has 0 radical (unpaired) electrons. The molecule has 3 fully saturated rings. The van der Waals surface area contributed by atoms with Crippen molar-refractivity contribution in [2.24, 2.45) is 0 Å². The Kier molecular flexibility index (Phi) is 5.18. The van der Waals surface area contributed by atoms with Crippen LogP contribution in [0.25, 0.3) is 0 Å². The lowest BCUT2D eigenvalue weighted by Crippen LogP contribution is -2.55. The fourth-order valence-electron chi connectivity index (χ4n) is 5.08. The van der Waals surface area contributed by atoms with Crippen molar-refractivity contribution in [1.29, 1.82) is 5.26 Å². The predicted octanol–water partition coefficient (Wildman–Crippen LogP) is 4.36. The number of nitrogens with zero attached hydrogens (tertiary/aromatic N) is 4. The SMILES string of the molecule is Cc1c(N2C(=O)[C@H]3C4C[C@H](CN4C(=O)Nc4cccc(C(F)(F)F)c4)N3C2=O)ccc(C#N)c1Cl. The standard InChI is InChI=1S/C23H17ClF3N5O3/c1-11-16(6-5-12(9-28)18(11)24)32-20(33)19-17-8-15(31(19)22(32)35)10-30(17)21(34)29-14-4-2-3-13(7-14)23(25,26)27/h2-7,15,17,19H,8,10H2,1H3,(H,29,34)/t15-,17?,19-/m1/s1. The molecule has 3 heterocycles. The van der Waals surface area contributed by atoms with Gasteiger partial charge in [-0.3, -0.25) is 4.79 Å². The van der Waals surface area contributed by atoms with Gasteiger partial charge in [0.1, 0.15) is 12.1 Å². The molecule has 0 saturated carbocycles. The highest BCUT2D eigenvalue weighted by Gasteiger charge is 2.63. The van der Waals surface area contributed by atoms with Crippen LogP contribution in [0.1, 0.15) is 23.1 Å². The van der Waals surface area contributed by atoms with E-state index in [-0.39, 0.29) is 28.5 Å². The molecule has 2 bridgehead atoms. The molecular weight excluding hydrogens is 487 g/mol. The van der Waals surface area contributed by atoms with Gasteiger partial charge in [0.05, 0.1) is 33.9 Å². The van der Waals surface area contributed by atoms with E-state index in [0.29, 0.717) is 12.0 Å². The number of urea groups is 2. The second kappa shape index (κ2) is 7.88. The molecule has 0 aromatic heterocycles. The van der Waals surface area contributed by atoms with Crippen LogP contribution in [0.4, 0.5) is 34.1 Å². The van der Waals surface area contributed by atoms with E-state index < -0.39 is 47.8 Å². The average molecular weight is 504 g/mol. The highest BCUT2D eigenvalue weighted by atomic mass is 35.5. The number of nitrogens with one attached hydrogen (secondary N) is 1. The Morgan fingerprint density at radius 1 is 1.23 bits per heavy atom. The van der Waals surface area contributed by atoms with Crippen molar-refractivity contribution in [2.75, 3.05) is 16.8 Å². The highest BCUT2D eigenvalue weighted by molar-refractivity contribution is 6.33. The Labute approximate surface area is 202 Å². The smallest absolute Gasteiger partial charge is 0.317 e. The first-order valence-electron chi connectivity index (χ1n) is 10.6. The van der Waals surface area contributed by atoms with Gasteiger partial charge in [-0.25, -0.2) is 14.5 Å². The zero-order valence-electron chi connectivity index (χ0n) is 18.1. The summed E-state index contributed by atoms with van der Waals surface area (Å²) in [6, 6.07) is 6.01. The van der Waals surface area contributed by atoms with Gasteiger partial charge < -0.3 is 15.1 Å². The lowest BCUT2D eigenvalue weighted by atomic mass is 10.1. The molecule has 1 unspecified atom stereocenters. The molecule has 3 aliphatic heterocycles. The fraction of sp³-hybridized carbons (Fsp3) is 0.304. The van der Waals surface area contributed by atoms with E-state index in [1.165, 1.54) is 34.1 Å². The van der Waals surface area contributed by atoms with E-state index in [4.69, 9.17) is 16.9 Å². The van der Waals surface area contributed by atoms with Crippen LogP contribution in [-0.2, 0) is 11.0 Å². The van der Waals surface area contributed by atoms with E-state index in [1.807, 2.05) is 6.07 Å². The van der Waals surface area contributed by atoms with Gasteiger partial charge in [-0.1, -0.05) is 17.7 Å². The Bertz CT molecular complexity index is 1320. The van der Waals surface area contributed by atoms with Gasteiger partial charge in [0.2, 0.25) is 0 Å². The monoisotopic (exact) mass is 503 g/mol. The Balaban J connectivity index is 1.38. The number of imide groups is 1. The molecule has 3 saturated heterocycles. The number of carbonyl (C=O) groups is 3. The van der Waals surface area contributed by atoms with E-state index in [0.717, 1.165) is 17.0 Å². The molecule has 12 heteroatoms. The minimum atomic E-state index is -4.56. The van der Waals surface area contributed by atoms with Crippen molar-refractivity contribution in [3.8, 4) is 6.07 Å². The lowest BCUT2D eigenvalue weighted by molar-refractivity contribution is -0.137. The number of hydrogen-bond donors (Lipinski definition) is 1. The predicted molar refractivity (Wildman–Crippen MR) is 119 cm³/mol. The van der Waals surface area contributed by atoms with E-state index in [9.17, 15) is 27.6 Å². The number of likely N-dealkylation sites (tertiary alicyclic amines) is 1. The van der Waals surface area contributed by atoms with Crippen LogP contribution >= 0.6 is 11.6 Å². The number of nitriles is 1. The molecule has 0 aliphatic carbocycles. The largest absolute Gasteiger partial charge is 0.416 e. The number of piperazine rings is 1. The Morgan fingerprint density at radius 3 is 2.66 bits per heavy atom. The van der Waals surface area contributed by atoms with Crippen LogP contribution in [0.5, 0.6) is 0 Å². The summed E-state index contributed by atoms with van der Waals surface area (Å²) in [7, 11) is 0. The van der Waals surface area contributed by atoms with Crippen LogP contribution in [0, 0.1) is 18.3 Å². The van der Waals surface area contributed by atoms with Gasteiger partial charge in [-0.2, -0.15) is 18.4 Å². The first-order valence-corrected chi connectivity index (χ1v) is 11.0. The fourth-order valence-corrected chi connectivity index (χ4v) is 5.29. The molecular formula is C23H17ClF3N5O3. The Morgan fingerprint density at radius 2 is 1.97 bits per heavy atom. The molecule has 1 N–H and O–H groups in total. The summed E-state index contributed by atoms with van der Waals surface area (Å²) in [5, 5.41) is 11.8. The third-order valence-corrected chi connectivity index (χ3v) is 7.17. The van der Waals surface area contributed by atoms with Crippen molar-refractivity contribution < 1.29 is 27.6 Å². The topological polar surface area (TPSA) is 96.8 Å². The Hall–Kier alpha value is -3.78. The summed E-state index contributed by atoms with van der Waals surface area (Å²) in [6.07, 6.45) is -4.17. The number of hydrogen-bond acceptors (Lipinski definition) is 4. The minimum Gasteiger partial charge on any atom is -0.317 e. The molecule has 5 rings (SSSR count). The summed E-state index contributed by atoms with van der Waals surface area (Å²) < 4.78 is 39.0. The molecule has 3 atom stereocenters. The van der Waals surface area contributed by atoms with Crippen LogP contribution in [0.2, 0.25) is 5.02 Å². The second-order valence-electron chi connectivity index (χ2n) is 8.61. The van der Waals surface area contributed by atoms with Crippen LogP contribution in [-0.4, -0.2) is 52.4 Å². The number of halogens is 4. The summed E-state index contributed by atoms with van der Waals surface area (Å²) in [5.41, 5.74) is -0.0429. The van der Waals surface area contributed by atoms with Crippen molar-refractivity contribution in [1.82, 2.24) is 9.80 Å². The number of amides is 5. The van der Waals surface area contributed by atoms with Gasteiger partial charge in [0.25, 0.3) is 5.91 Å². The van der Waals surface area contributed by atoms with Gasteiger partial charge >= 0.3 is 18.2 Å².